The van der Waals surface area contributed by atoms with Gasteiger partial charge in [0.05, 0.1) is 6.54 Å². The molecule has 0 aromatic rings. The van der Waals surface area contributed by atoms with Crippen LogP contribution in [0.25, 0.3) is 0 Å². The first-order chi connectivity index (χ1) is 6.59. The lowest BCUT2D eigenvalue weighted by atomic mass is 10.1. The van der Waals surface area contributed by atoms with Gasteiger partial charge >= 0.3 is 5.97 Å². The van der Waals surface area contributed by atoms with Crippen LogP contribution in [0.2, 0.25) is 0 Å². The molecule has 0 aromatic heterocycles. The van der Waals surface area contributed by atoms with Crippen molar-refractivity contribution >= 4 is 11.9 Å². The Bertz CT molecular complexity index is 230. The predicted octanol–water partition coefficient (Wildman–Crippen LogP) is -0.471. The van der Waals surface area contributed by atoms with Gasteiger partial charge in [-0.05, 0) is 12.3 Å². The molecule has 1 aliphatic heterocycles. The van der Waals surface area contributed by atoms with Gasteiger partial charge in [-0.25, -0.2) is 0 Å². The summed E-state index contributed by atoms with van der Waals surface area (Å²) in [5.74, 6) is -0.338. The molecule has 5 heteroatoms. The number of likely N-dealkylation sites (tertiary alicyclic amines) is 1. The second-order valence-corrected chi connectivity index (χ2v) is 3.64. The molecule has 0 unspecified atom stereocenters. The smallest absolute Gasteiger partial charge is 0.317 e. The van der Waals surface area contributed by atoms with Gasteiger partial charge in [0, 0.05) is 26.6 Å². The summed E-state index contributed by atoms with van der Waals surface area (Å²) in [5, 5.41) is 11.2. The summed E-state index contributed by atoms with van der Waals surface area (Å²) in [5.41, 5.74) is 0. The molecular weight excluding hydrogens is 184 g/mol. The Morgan fingerprint density at radius 1 is 1.57 bits per heavy atom. The molecule has 5 nitrogen and oxygen atoms in total. The summed E-state index contributed by atoms with van der Waals surface area (Å²) in [7, 11) is 0. The lowest BCUT2D eigenvalue weighted by Gasteiger charge is -2.13. The van der Waals surface area contributed by atoms with Gasteiger partial charge in [0.15, 0.2) is 0 Å². The van der Waals surface area contributed by atoms with Crippen molar-refractivity contribution in [1.82, 2.24) is 10.2 Å². The van der Waals surface area contributed by atoms with E-state index >= 15 is 0 Å². The minimum Gasteiger partial charge on any atom is -0.480 e. The van der Waals surface area contributed by atoms with E-state index < -0.39 is 5.97 Å². The van der Waals surface area contributed by atoms with E-state index in [0.717, 1.165) is 19.5 Å². The number of aliphatic carboxylic acids is 1. The SMILES string of the molecule is CC(=O)N1CC[C@@H](CNCC(=O)O)C1. The van der Waals surface area contributed by atoms with Crippen molar-refractivity contribution in [3.05, 3.63) is 0 Å². The molecule has 80 valence electrons. The predicted molar refractivity (Wildman–Crippen MR) is 50.9 cm³/mol. The third kappa shape index (κ3) is 3.33. The van der Waals surface area contributed by atoms with E-state index in [1.807, 2.05) is 0 Å². The summed E-state index contributed by atoms with van der Waals surface area (Å²) < 4.78 is 0. The first-order valence-electron chi connectivity index (χ1n) is 4.77. The zero-order chi connectivity index (χ0) is 10.6. The van der Waals surface area contributed by atoms with Crippen LogP contribution in [0.1, 0.15) is 13.3 Å². The summed E-state index contributed by atoms with van der Waals surface area (Å²) in [6.45, 7) is 3.79. The fourth-order valence-corrected chi connectivity index (χ4v) is 1.67. The van der Waals surface area contributed by atoms with E-state index in [1.165, 1.54) is 0 Å². The van der Waals surface area contributed by atoms with Crippen LogP contribution in [0, 0.1) is 5.92 Å². The fourth-order valence-electron chi connectivity index (χ4n) is 1.67. The number of hydrogen-bond acceptors (Lipinski definition) is 3. The van der Waals surface area contributed by atoms with Gasteiger partial charge in [0.25, 0.3) is 0 Å². The number of amides is 1. The molecule has 1 heterocycles. The molecular formula is C9H16N2O3. The highest BCUT2D eigenvalue weighted by Crippen LogP contribution is 2.14. The van der Waals surface area contributed by atoms with Crippen molar-refractivity contribution in [3.63, 3.8) is 0 Å². The Kier molecular flexibility index (Phi) is 3.88. The van der Waals surface area contributed by atoms with Crippen molar-refractivity contribution < 1.29 is 14.7 Å². The molecule has 0 radical (unpaired) electrons. The maximum Gasteiger partial charge on any atom is 0.317 e. The maximum absolute atomic E-state index is 11.0. The van der Waals surface area contributed by atoms with Gasteiger partial charge in [0.1, 0.15) is 0 Å². The van der Waals surface area contributed by atoms with Gasteiger partial charge in [0.2, 0.25) is 5.91 Å². The van der Waals surface area contributed by atoms with Crippen molar-refractivity contribution in [3.8, 4) is 0 Å². The van der Waals surface area contributed by atoms with Gasteiger partial charge in [-0.15, -0.1) is 0 Å². The van der Waals surface area contributed by atoms with E-state index in [2.05, 4.69) is 5.32 Å². The van der Waals surface area contributed by atoms with Gasteiger partial charge in [-0.2, -0.15) is 0 Å². The highest BCUT2D eigenvalue weighted by atomic mass is 16.4. The molecule has 0 aliphatic carbocycles. The maximum atomic E-state index is 11.0. The quantitative estimate of drug-likeness (QED) is 0.643. The van der Waals surface area contributed by atoms with E-state index in [1.54, 1.807) is 11.8 Å². The monoisotopic (exact) mass is 200 g/mol. The number of carbonyl (C=O) groups excluding carboxylic acids is 1. The van der Waals surface area contributed by atoms with E-state index in [9.17, 15) is 9.59 Å². The molecule has 1 amide bonds. The van der Waals surface area contributed by atoms with Crippen molar-refractivity contribution in [2.45, 2.75) is 13.3 Å². The van der Waals surface area contributed by atoms with E-state index in [-0.39, 0.29) is 12.5 Å². The van der Waals surface area contributed by atoms with Gasteiger partial charge < -0.3 is 15.3 Å². The highest BCUT2D eigenvalue weighted by molar-refractivity contribution is 5.73. The van der Waals surface area contributed by atoms with Crippen molar-refractivity contribution in [2.75, 3.05) is 26.2 Å². The molecule has 2 N–H and O–H groups in total. The number of hydrogen-bond donors (Lipinski definition) is 2. The Balaban J connectivity index is 2.16. The third-order valence-electron chi connectivity index (χ3n) is 2.44. The van der Waals surface area contributed by atoms with Crippen LogP contribution < -0.4 is 5.32 Å². The van der Waals surface area contributed by atoms with E-state index in [4.69, 9.17) is 5.11 Å². The normalized spacial score (nSPS) is 21.2. The molecule has 14 heavy (non-hydrogen) atoms. The second-order valence-electron chi connectivity index (χ2n) is 3.64. The number of nitrogens with one attached hydrogen (secondary N) is 1. The van der Waals surface area contributed by atoms with Crippen LogP contribution in [-0.2, 0) is 9.59 Å². The van der Waals surface area contributed by atoms with Crippen molar-refractivity contribution in [2.24, 2.45) is 5.92 Å². The van der Waals surface area contributed by atoms with Gasteiger partial charge in [-0.3, -0.25) is 9.59 Å². The Morgan fingerprint density at radius 3 is 2.79 bits per heavy atom. The van der Waals surface area contributed by atoms with Crippen LogP contribution in [0.4, 0.5) is 0 Å². The largest absolute Gasteiger partial charge is 0.480 e. The first kappa shape index (κ1) is 11.0. The summed E-state index contributed by atoms with van der Waals surface area (Å²) in [4.78, 5) is 23.0. The average molecular weight is 200 g/mol. The highest BCUT2D eigenvalue weighted by Gasteiger charge is 2.23. The molecule has 1 atom stereocenters. The third-order valence-corrected chi connectivity index (χ3v) is 2.44. The average Bonchev–Trinajstić information content (AvgIpc) is 2.52. The fraction of sp³-hybridized carbons (Fsp3) is 0.778. The lowest BCUT2D eigenvalue weighted by molar-refractivity contribution is -0.136. The molecule has 0 saturated carbocycles. The van der Waals surface area contributed by atoms with Crippen LogP contribution in [-0.4, -0.2) is 48.1 Å². The number of nitrogens with zero attached hydrogens (tertiary/aromatic N) is 1. The number of rotatable bonds is 4. The molecule has 1 rings (SSSR count). The van der Waals surface area contributed by atoms with Crippen molar-refractivity contribution in [1.29, 1.82) is 0 Å². The summed E-state index contributed by atoms with van der Waals surface area (Å²) in [6.07, 6.45) is 0.964. The van der Waals surface area contributed by atoms with Crippen LogP contribution >= 0.6 is 0 Å². The molecule has 1 aliphatic rings. The van der Waals surface area contributed by atoms with Crippen LogP contribution in [0.5, 0.6) is 0 Å². The molecule has 0 aromatic carbocycles. The lowest BCUT2D eigenvalue weighted by Crippen LogP contribution is -2.31. The molecule has 1 fully saturated rings. The minimum atomic E-state index is -0.841. The molecule has 1 saturated heterocycles. The number of carboxylic acid groups (broad SMARTS) is 1. The van der Waals surface area contributed by atoms with Gasteiger partial charge in [-0.1, -0.05) is 0 Å². The zero-order valence-corrected chi connectivity index (χ0v) is 8.32. The van der Waals surface area contributed by atoms with E-state index in [0.29, 0.717) is 12.5 Å². The number of carboxylic acids is 1. The van der Waals surface area contributed by atoms with Crippen LogP contribution in [0.15, 0.2) is 0 Å². The van der Waals surface area contributed by atoms with Crippen LogP contribution in [0.3, 0.4) is 0 Å². The second kappa shape index (κ2) is 4.95. The molecule has 0 bridgehead atoms. The number of carbonyl (C=O) groups is 2. The minimum absolute atomic E-state index is 0.00340. The Hall–Kier alpha value is -1.10. The Morgan fingerprint density at radius 2 is 2.29 bits per heavy atom. The topological polar surface area (TPSA) is 69.6 Å². The molecule has 0 spiro atoms. The summed E-state index contributed by atoms with van der Waals surface area (Å²) in [6, 6.07) is 0. The zero-order valence-electron chi connectivity index (χ0n) is 8.32. The Labute approximate surface area is 83.1 Å². The standard InChI is InChI=1S/C9H16N2O3/c1-7(12)11-3-2-8(6-11)4-10-5-9(13)14/h8,10H,2-6H2,1H3,(H,13,14)/t8-/m0/s1. The first-order valence-corrected chi connectivity index (χ1v) is 4.77. The summed E-state index contributed by atoms with van der Waals surface area (Å²) >= 11 is 0.